The summed E-state index contributed by atoms with van der Waals surface area (Å²) in [6.07, 6.45) is 2.32. The summed E-state index contributed by atoms with van der Waals surface area (Å²) in [5.74, 6) is 0. The van der Waals surface area contributed by atoms with Crippen LogP contribution in [0.15, 0.2) is 5.16 Å². The van der Waals surface area contributed by atoms with Crippen LogP contribution in [-0.2, 0) is 4.84 Å². The maximum atomic E-state index is 10.3. The molecule has 1 amide bonds. The highest BCUT2D eigenvalue weighted by Gasteiger charge is 2.18. The second-order valence-electron chi connectivity index (χ2n) is 3.06. The molecule has 0 bridgehead atoms. The normalized spacial score (nSPS) is 22.2. The van der Waals surface area contributed by atoms with Gasteiger partial charge in [0.15, 0.2) is 0 Å². The van der Waals surface area contributed by atoms with Gasteiger partial charge in [0.1, 0.15) is 7.11 Å². The lowest BCUT2D eigenvalue weighted by Crippen LogP contribution is -2.36. The van der Waals surface area contributed by atoms with Gasteiger partial charge in [-0.15, -0.1) is 0 Å². The van der Waals surface area contributed by atoms with E-state index in [1.165, 1.54) is 7.11 Å². The van der Waals surface area contributed by atoms with Crippen LogP contribution in [0.4, 0.5) is 4.79 Å². The Morgan fingerprint density at radius 3 is 2.69 bits per heavy atom. The van der Waals surface area contributed by atoms with Gasteiger partial charge in [0.2, 0.25) is 0 Å². The molecule has 2 N–H and O–H groups in total. The van der Waals surface area contributed by atoms with E-state index in [1.54, 1.807) is 0 Å². The molecule has 13 heavy (non-hydrogen) atoms. The Balaban J connectivity index is 2.30. The van der Waals surface area contributed by atoms with Crippen LogP contribution in [0.5, 0.6) is 0 Å². The van der Waals surface area contributed by atoms with Crippen LogP contribution in [0.1, 0.15) is 25.7 Å². The van der Waals surface area contributed by atoms with Gasteiger partial charge in [-0.1, -0.05) is 5.16 Å². The molecule has 0 saturated heterocycles. The summed E-state index contributed by atoms with van der Waals surface area (Å²) in [5.41, 5.74) is 1.02. The van der Waals surface area contributed by atoms with Gasteiger partial charge < -0.3 is 15.3 Å². The number of amides is 1. The maximum Gasteiger partial charge on any atom is 0.404 e. The summed E-state index contributed by atoms with van der Waals surface area (Å²) in [6.45, 7) is 0. The van der Waals surface area contributed by atoms with Crippen LogP contribution in [-0.4, -0.2) is 30.1 Å². The Hall–Kier alpha value is -1.26. The number of nitrogens with zero attached hydrogens (tertiary/aromatic N) is 1. The maximum absolute atomic E-state index is 10.3. The van der Waals surface area contributed by atoms with Crippen molar-refractivity contribution in [2.45, 2.75) is 31.7 Å². The number of nitrogens with one attached hydrogen (secondary N) is 1. The van der Waals surface area contributed by atoms with Crippen molar-refractivity contribution < 1.29 is 14.7 Å². The number of hydrogen-bond acceptors (Lipinski definition) is 3. The second-order valence-corrected chi connectivity index (χ2v) is 3.06. The average molecular weight is 186 g/mol. The highest BCUT2D eigenvalue weighted by Crippen LogP contribution is 2.16. The first-order valence-electron chi connectivity index (χ1n) is 4.30. The summed E-state index contributed by atoms with van der Waals surface area (Å²) in [6, 6.07) is 0.0771. The van der Waals surface area contributed by atoms with Crippen molar-refractivity contribution in [1.29, 1.82) is 0 Å². The Bertz CT molecular complexity index is 205. The first kappa shape index (κ1) is 9.83. The first-order chi connectivity index (χ1) is 6.22. The molecule has 1 aliphatic carbocycles. The van der Waals surface area contributed by atoms with E-state index in [4.69, 9.17) is 5.11 Å². The van der Waals surface area contributed by atoms with Crippen molar-refractivity contribution in [3.63, 3.8) is 0 Å². The molecular weight excluding hydrogens is 172 g/mol. The molecule has 0 aliphatic heterocycles. The molecule has 0 radical (unpaired) electrons. The standard InChI is InChI=1S/C8H14N2O3/c1-13-10-7-4-2-6(3-5-7)9-8(11)12/h6,9H,2-5H2,1H3,(H,11,12). The van der Waals surface area contributed by atoms with E-state index >= 15 is 0 Å². The lowest BCUT2D eigenvalue weighted by Gasteiger charge is -2.22. The summed E-state index contributed by atoms with van der Waals surface area (Å²) in [4.78, 5) is 15.0. The number of hydrogen-bond donors (Lipinski definition) is 2. The molecule has 0 aromatic rings. The van der Waals surface area contributed by atoms with Gasteiger partial charge in [-0.25, -0.2) is 4.79 Å². The van der Waals surface area contributed by atoms with Crippen LogP contribution in [0, 0.1) is 0 Å². The molecule has 1 fully saturated rings. The molecular formula is C8H14N2O3. The molecule has 0 atom stereocenters. The van der Waals surface area contributed by atoms with Gasteiger partial charge in [-0.2, -0.15) is 0 Å². The third-order valence-corrected chi connectivity index (χ3v) is 2.11. The van der Waals surface area contributed by atoms with Crippen molar-refractivity contribution >= 4 is 11.8 Å². The highest BCUT2D eigenvalue weighted by molar-refractivity contribution is 5.84. The predicted molar refractivity (Wildman–Crippen MR) is 47.9 cm³/mol. The molecule has 5 nitrogen and oxygen atoms in total. The third kappa shape index (κ3) is 3.31. The molecule has 0 heterocycles. The molecule has 1 saturated carbocycles. The first-order valence-corrected chi connectivity index (χ1v) is 4.30. The minimum Gasteiger partial charge on any atom is -0.465 e. The van der Waals surface area contributed by atoms with Gasteiger partial charge >= 0.3 is 6.09 Å². The Kier molecular flexibility index (Phi) is 3.54. The molecule has 0 spiro atoms. The highest BCUT2D eigenvalue weighted by atomic mass is 16.6. The SMILES string of the molecule is CON=C1CCC(NC(=O)O)CC1. The van der Waals surface area contributed by atoms with Gasteiger partial charge in [0.25, 0.3) is 0 Å². The zero-order valence-corrected chi connectivity index (χ0v) is 7.62. The lowest BCUT2D eigenvalue weighted by atomic mass is 9.94. The number of rotatable bonds is 2. The molecule has 1 aliphatic rings. The zero-order chi connectivity index (χ0) is 9.68. The topological polar surface area (TPSA) is 70.9 Å². The summed E-state index contributed by atoms with van der Waals surface area (Å²) >= 11 is 0. The lowest BCUT2D eigenvalue weighted by molar-refractivity contribution is 0.187. The fraction of sp³-hybridized carbons (Fsp3) is 0.750. The number of oxime groups is 1. The molecule has 74 valence electrons. The number of carboxylic acid groups (broad SMARTS) is 1. The van der Waals surface area contributed by atoms with Crippen molar-refractivity contribution in [3.8, 4) is 0 Å². The fourth-order valence-corrected chi connectivity index (χ4v) is 1.49. The summed E-state index contributed by atoms with van der Waals surface area (Å²) in [5, 5.41) is 14.8. The van der Waals surface area contributed by atoms with Crippen LogP contribution < -0.4 is 5.32 Å². The second kappa shape index (κ2) is 4.69. The Morgan fingerprint density at radius 1 is 1.62 bits per heavy atom. The Morgan fingerprint density at radius 2 is 2.23 bits per heavy atom. The minimum absolute atomic E-state index is 0.0771. The fourth-order valence-electron chi connectivity index (χ4n) is 1.49. The Labute approximate surface area is 76.8 Å². The molecule has 0 aromatic heterocycles. The van der Waals surface area contributed by atoms with E-state index in [0.29, 0.717) is 0 Å². The molecule has 1 rings (SSSR count). The average Bonchev–Trinajstić information content (AvgIpc) is 2.08. The molecule has 0 unspecified atom stereocenters. The monoisotopic (exact) mass is 186 g/mol. The van der Waals surface area contributed by atoms with Crippen molar-refractivity contribution in [2.75, 3.05) is 7.11 Å². The number of carbonyl (C=O) groups is 1. The predicted octanol–water partition coefficient (Wildman–Crippen LogP) is 1.20. The van der Waals surface area contributed by atoms with Gasteiger partial charge in [-0.05, 0) is 25.7 Å². The van der Waals surface area contributed by atoms with E-state index in [-0.39, 0.29) is 6.04 Å². The largest absolute Gasteiger partial charge is 0.465 e. The van der Waals surface area contributed by atoms with E-state index in [2.05, 4.69) is 15.3 Å². The smallest absolute Gasteiger partial charge is 0.404 e. The van der Waals surface area contributed by atoms with E-state index < -0.39 is 6.09 Å². The van der Waals surface area contributed by atoms with Crippen molar-refractivity contribution in [1.82, 2.24) is 5.32 Å². The van der Waals surface area contributed by atoms with Crippen LogP contribution in [0.25, 0.3) is 0 Å². The zero-order valence-electron chi connectivity index (χ0n) is 7.62. The molecule has 0 aromatic carbocycles. The van der Waals surface area contributed by atoms with E-state index in [9.17, 15) is 4.79 Å². The van der Waals surface area contributed by atoms with Crippen LogP contribution >= 0.6 is 0 Å². The van der Waals surface area contributed by atoms with Gasteiger partial charge in [0, 0.05) is 6.04 Å². The summed E-state index contributed by atoms with van der Waals surface area (Å²) < 4.78 is 0. The quantitative estimate of drug-likeness (QED) is 0.636. The van der Waals surface area contributed by atoms with E-state index in [0.717, 1.165) is 31.4 Å². The van der Waals surface area contributed by atoms with Crippen molar-refractivity contribution in [2.24, 2.45) is 5.16 Å². The van der Waals surface area contributed by atoms with Gasteiger partial charge in [0.05, 0.1) is 5.71 Å². The van der Waals surface area contributed by atoms with E-state index in [1.807, 2.05) is 0 Å². The molecule has 5 heteroatoms. The minimum atomic E-state index is -0.947. The van der Waals surface area contributed by atoms with Crippen LogP contribution in [0.3, 0.4) is 0 Å². The van der Waals surface area contributed by atoms with Gasteiger partial charge in [-0.3, -0.25) is 0 Å². The third-order valence-electron chi connectivity index (χ3n) is 2.11. The van der Waals surface area contributed by atoms with Crippen molar-refractivity contribution in [3.05, 3.63) is 0 Å². The summed E-state index contributed by atoms with van der Waals surface area (Å²) in [7, 11) is 1.52. The van der Waals surface area contributed by atoms with Crippen LogP contribution in [0.2, 0.25) is 0 Å².